The Bertz CT molecular complexity index is 1150. The molecule has 0 atom stereocenters. The number of nitrogens with zero attached hydrogens (tertiary/aromatic N) is 3. The molecule has 1 fully saturated rings. The van der Waals surface area contributed by atoms with Crippen LogP contribution in [0.1, 0.15) is 5.76 Å². The topological polar surface area (TPSA) is 91.9 Å². The Morgan fingerprint density at radius 2 is 1.75 bits per heavy atom. The summed E-state index contributed by atoms with van der Waals surface area (Å²) >= 11 is 0. The SMILES string of the molecule is CN1CCN(c2ccccc2NC(=O)/C=C/c2ccc(-c3ccccc3[N+](=O)[O-])o2)CC1. The van der Waals surface area contributed by atoms with Crippen molar-refractivity contribution < 1.29 is 14.1 Å². The third-order valence-electron chi connectivity index (χ3n) is 5.40. The molecule has 3 aromatic rings. The van der Waals surface area contributed by atoms with Gasteiger partial charge < -0.3 is 19.5 Å². The second-order valence-electron chi connectivity index (χ2n) is 7.61. The highest BCUT2D eigenvalue weighted by molar-refractivity contribution is 6.03. The van der Waals surface area contributed by atoms with Crippen LogP contribution >= 0.6 is 0 Å². The van der Waals surface area contributed by atoms with E-state index in [0.29, 0.717) is 17.1 Å². The molecule has 0 spiro atoms. The average Bonchev–Trinajstić information content (AvgIpc) is 3.28. The molecule has 1 amide bonds. The van der Waals surface area contributed by atoms with Gasteiger partial charge in [-0.25, -0.2) is 0 Å². The standard InChI is InChI=1S/C24H24N4O4/c1-26-14-16-27(17-15-26)22-9-5-3-7-20(22)25-24(29)13-11-18-10-12-23(32-18)19-6-2-4-8-21(19)28(30)31/h2-13H,14-17H2,1H3,(H,25,29)/b13-11+. The minimum absolute atomic E-state index is 0.0318. The number of likely N-dealkylation sites (N-methyl/N-ethyl adjacent to an activating group) is 1. The molecule has 0 aliphatic carbocycles. The molecule has 0 bridgehead atoms. The van der Waals surface area contributed by atoms with E-state index in [1.54, 1.807) is 36.4 Å². The third kappa shape index (κ3) is 4.87. The van der Waals surface area contributed by atoms with Crippen LogP contribution in [0.3, 0.4) is 0 Å². The first-order chi connectivity index (χ1) is 15.5. The molecule has 8 heteroatoms. The number of benzene rings is 2. The van der Waals surface area contributed by atoms with Gasteiger partial charge in [0.05, 0.1) is 21.9 Å². The number of carbonyl (C=O) groups excluding carboxylic acids is 1. The molecule has 1 aromatic heterocycles. The minimum Gasteiger partial charge on any atom is -0.456 e. The zero-order valence-electron chi connectivity index (χ0n) is 17.7. The first-order valence-electron chi connectivity index (χ1n) is 10.4. The summed E-state index contributed by atoms with van der Waals surface area (Å²) in [6.07, 6.45) is 2.94. The highest BCUT2D eigenvalue weighted by Gasteiger charge is 2.18. The third-order valence-corrected chi connectivity index (χ3v) is 5.40. The number of amides is 1. The lowest BCUT2D eigenvalue weighted by atomic mass is 10.1. The van der Waals surface area contributed by atoms with Gasteiger partial charge in [0.25, 0.3) is 5.69 Å². The van der Waals surface area contributed by atoms with Gasteiger partial charge in [-0.15, -0.1) is 0 Å². The molecule has 0 radical (unpaired) electrons. The predicted molar refractivity (Wildman–Crippen MR) is 125 cm³/mol. The second-order valence-corrected chi connectivity index (χ2v) is 7.61. The van der Waals surface area contributed by atoms with Crippen molar-refractivity contribution >= 4 is 29.0 Å². The van der Waals surface area contributed by atoms with Gasteiger partial charge in [-0.1, -0.05) is 24.3 Å². The zero-order chi connectivity index (χ0) is 22.5. The van der Waals surface area contributed by atoms with E-state index < -0.39 is 4.92 Å². The molecule has 1 aliphatic heterocycles. The first-order valence-corrected chi connectivity index (χ1v) is 10.4. The highest BCUT2D eigenvalue weighted by atomic mass is 16.6. The van der Waals surface area contributed by atoms with Gasteiger partial charge in [-0.3, -0.25) is 14.9 Å². The number of nitro groups is 1. The van der Waals surface area contributed by atoms with Crippen LogP contribution in [0.2, 0.25) is 0 Å². The Morgan fingerprint density at radius 3 is 2.53 bits per heavy atom. The normalized spacial score (nSPS) is 14.6. The summed E-state index contributed by atoms with van der Waals surface area (Å²) < 4.78 is 5.71. The number of piperazine rings is 1. The minimum atomic E-state index is -0.446. The van der Waals surface area contributed by atoms with Gasteiger partial charge in [0.1, 0.15) is 11.5 Å². The number of rotatable bonds is 6. The Balaban J connectivity index is 1.45. The molecule has 8 nitrogen and oxygen atoms in total. The fourth-order valence-electron chi connectivity index (χ4n) is 3.66. The maximum absolute atomic E-state index is 12.5. The highest BCUT2D eigenvalue weighted by Crippen LogP contribution is 2.31. The smallest absolute Gasteiger partial charge is 0.280 e. The zero-order valence-corrected chi connectivity index (χ0v) is 17.7. The van der Waals surface area contributed by atoms with Crippen molar-refractivity contribution in [2.45, 2.75) is 0 Å². The molecular weight excluding hydrogens is 408 g/mol. The van der Waals surface area contributed by atoms with E-state index in [2.05, 4.69) is 22.2 Å². The van der Waals surface area contributed by atoms with Crippen molar-refractivity contribution in [1.29, 1.82) is 0 Å². The molecule has 1 saturated heterocycles. The lowest BCUT2D eigenvalue weighted by Crippen LogP contribution is -2.44. The van der Waals surface area contributed by atoms with Crippen LogP contribution in [-0.4, -0.2) is 49.0 Å². The molecule has 32 heavy (non-hydrogen) atoms. The van der Waals surface area contributed by atoms with Gasteiger partial charge in [0.15, 0.2) is 0 Å². The summed E-state index contributed by atoms with van der Waals surface area (Å²) in [6.45, 7) is 3.76. The quantitative estimate of drug-likeness (QED) is 0.356. The lowest BCUT2D eigenvalue weighted by Gasteiger charge is -2.35. The predicted octanol–water partition coefficient (Wildman–Crippen LogP) is 4.26. The van der Waals surface area contributed by atoms with E-state index >= 15 is 0 Å². The van der Waals surface area contributed by atoms with Crippen molar-refractivity contribution in [2.75, 3.05) is 43.4 Å². The molecular formula is C24H24N4O4. The van der Waals surface area contributed by atoms with Crippen molar-refractivity contribution in [3.8, 4) is 11.3 Å². The second kappa shape index (κ2) is 9.49. The van der Waals surface area contributed by atoms with Crippen LogP contribution in [0.4, 0.5) is 17.1 Å². The van der Waals surface area contributed by atoms with Crippen LogP contribution in [0.15, 0.2) is 71.2 Å². The van der Waals surface area contributed by atoms with Crippen molar-refractivity contribution in [3.63, 3.8) is 0 Å². The number of nitrogens with one attached hydrogen (secondary N) is 1. The fourth-order valence-corrected chi connectivity index (χ4v) is 3.66. The van der Waals surface area contributed by atoms with Gasteiger partial charge in [-0.2, -0.15) is 0 Å². The number of para-hydroxylation sites is 3. The largest absolute Gasteiger partial charge is 0.456 e. The Hall–Kier alpha value is -3.91. The molecule has 164 valence electrons. The molecule has 2 heterocycles. The summed E-state index contributed by atoms with van der Waals surface area (Å²) in [4.78, 5) is 27.9. The number of furan rings is 1. The molecule has 2 aromatic carbocycles. The fraction of sp³-hybridized carbons (Fsp3) is 0.208. The summed E-state index contributed by atoms with van der Waals surface area (Å²) in [5.74, 6) is 0.522. The van der Waals surface area contributed by atoms with Crippen LogP contribution < -0.4 is 10.2 Å². The number of hydrogen-bond acceptors (Lipinski definition) is 6. The first kappa shape index (κ1) is 21.3. The van der Waals surface area contributed by atoms with Gasteiger partial charge in [0.2, 0.25) is 5.91 Å². The molecule has 0 saturated carbocycles. The molecule has 1 N–H and O–H groups in total. The monoisotopic (exact) mass is 432 g/mol. The van der Waals surface area contributed by atoms with Crippen molar-refractivity contribution in [1.82, 2.24) is 4.90 Å². The van der Waals surface area contributed by atoms with E-state index in [9.17, 15) is 14.9 Å². The Kier molecular flexibility index (Phi) is 6.32. The number of anilines is 2. The van der Waals surface area contributed by atoms with Crippen LogP contribution in [-0.2, 0) is 4.79 Å². The number of carbonyl (C=O) groups is 1. The van der Waals surface area contributed by atoms with Crippen LogP contribution in [0.25, 0.3) is 17.4 Å². The maximum Gasteiger partial charge on any atom is 0.280 e. The summed E-state index contributed by atoms with van der Waals surface area (Å²) in [5, 5.41) is 14.2. The summed E-state index contributed by atoms with van der Waals surface area (Å²) in [7, 11) is 2.10. The number of hydrogen-bond donors (Lipinski definition) is 1. The van der Waals surface area contributed by atoms with Crippen LogP contribution in [0, 0.1) is 10.1 Å². The van der Waals surface area contributed by atoms with E-state index in [0.717, 1.165) is 37.6 Å². The van der Waals surface area contributed by atoms with E-state index in [1.807, 2.05) is 24.3 Å². The van der Waals surface area contributed by atoms with Crippen molar-refractivity contribution in [2.24, 2.45) is 0 Å². The van der Waals surface area contributed by atoms with Gasteiger partial charge in [-0.05, 0) is 43.5 Å². The van der Waals surface area contributed by atoms with Crippen LogP contribution in [0.5, 0.6) is 0 Å². The summed E-state index contributed by atoms with van der Waals surface area (Å²) in [6, 6.07) is 17.5. The molecule has 1 aliphatic rings. The van der Waals surface area contributed by atoms with Gasteiger partial charge >= 0.3 is 0 Å². The molecule has 0 unspecified atom stereocenters. The van der Waals surface area contributed by atoms with Crippen molar-refractivity contribution in [3.05, 3.63) is 82.6 Å². The Morgan fingerprint density at radius 1 is 1.03 bits per heavy atom. The maximum atomic E-state index is 12.5. The Labute approximate surface area is 185 Å². The average molecular weight is 432 g/mol. The van der Waals surface area contributed by atoms with E-state index in [1.165, 1.54) is 12.1 Å². The van der Waals surface area contributed by atoms with Gasteiger partial charge in [0, 0.05) is 38.3 Å². The lowest BCUT2D eigenvalue weighted by molar-refractivity contribution is -0.384. The molecule has 4 rings (SSSR count). The van der Waals surface area contributed by atoms with E-state index in [4.69, 9.17) is 4.42 Å². The summed E-state index contributed by atoms with van der Waals surface area (Å²) in [5.41, 5.74) is 2.11. The number of nitro benzene ring substituents is 1. The van der Waals surface area contributed by atoms with E-state index in [-0.39, 0.29) is 11.6 Å².